The predicted octanol–water partition coefficient (Wildman–Crippen LogP) is 0.793. The average molecular weight is 227 g/mol. The lowest BCUT2D eigenvalue weighted by Gasteiger charge is -2.13. The lowest BCUT2D eigenvalue weighted by molar-refractivity contribution is 0.101. The van der Waals surface area contributed by atoms with Gasteiger partial charge < -0.3 is 15.5 Å². The minimum Gasteiger partial charge on any atom is -0.394 e. The third-order valence-electron chi connectivity index (χ3n) is 2.10. The summed E-state index contributed by atoms with van der Waals surface area (Å²) in [7, 11) is 0. The van der Waals surface area contributed by atoms with Crippen molar-refractivity contribution in [3.63, 3.8) is 0 Å². The van der Waals surface area contributed by atoms with Crippen LogP contribution >= 0.6 is 0 Å². The molecule has 16 heavy (non-hydrogen) atoms. The fraction of sp³-hybridized carbons (Fsp3) is 0.364. The summed E-state index contributed by atoms with van der Waals surface area (Å²) in [6, 6.07) is 4.21. The van der Waals surface area contributed by atoms with E-state index in [1.165, 1.54) is 19.1 Å². The van der Waals surface area contributed by atoms with Gasteiger partial charge in [0.1, 0.15) is 5.82 Å². The Morgan fingerprint density at radius 1 is 1.56 bits per heavy atom. The van der Waals surface area contributed by atoms with E-state index in [1.807, 2.05) is 0 Å². The minimum absolute atomic E-state index is 0.0346. The molecule has 0 saturated heterocycles. The molecule has 1 rings (SSSR count). The largest absolute Gasteiger partial charge is 0.394 e. The van der Waals surface area contributed by atoms with Gasteiger partial charge in [0, 0.05) is 12.2 Å². The van der Waals surface area contributed by atoms with Crippen LogP contribution in [0.2, 0.25) is 0 Å². The van der Waals surface area contributed by atoms with Crippen LogP contribution in [0.4, 0.5) is 10.1 Å². The Labute approximate surface area is 92.7 Å². The predicted molar refractivity (Wildman–Crippen MR) is 58.0 cm³/mol. The normalized spacial score (nSPS) is 12.2. The number of carbonyl (C=O) groups is 1. The molecule has 0 radical (unpaired) electrons. The number of hydrogen-bond acceptors (Lipinski definition) is 4. The van der Waals surface area contributed by atoms with Crippen molar-refractivity contribution in [1.29, 1.82) is 0 Å². The molecule has 0 aliphatic carbocycles. The molecule has 0 aliphatic heterocycles. The summed E-state index contributed by atoms with van der Waals surface area (Å²) in [5.74, 6) is -0.991. The molecule has 0 amide bonds. The minimum atomic E-state index is -0.942. The Bertz CT molecular complexity index is 381. The number of nitrogens with one attached hydrogen (secondary N) is 1. The summed E-state index contributed by atoms with van der Waals surface area (Å²) in [4.78, 5) is 11.2. The number of Topliss-reactive ketones (excluding diaryl/α,β-unsaturated/α-hetero) is 1. The van der Waals surface area contributed by atoms with Crippen molar-refractivity contribution in [2.45, 2.75) is 13.0 Å². The molecule has 1 unspecified atom stereocenters. The summed E-state index contributed by atoms with van der Waals surface area (Å²) < 4.78 is 13.3. The molecule has 1 aromatic rings. The van der Waals surface area contributed by atoms with Crippen LogP contribution < -0.4 is 5.32 Å². The number of hydrogen-bond donors (Lipinski definition) is 3. The van der Waals surface area contributed by atoms with Crippen LogP contribution in [0.5, 0.6) is 0 Å². The van der Waals surface area contributed by atoms with E-state index in [2.05, 4.69) is 5.32 Å². The number of rotatable bonds is 5. The highest BCUT2D eigenvalue weighted by atomic mass is 19.1. The molecule has 4 nitrogen and oxygen atoms in total. The number of aliphatic hydroxyl groups excluding tert-OH is 2. The number of benzene rings is 1. The van der Waals surface area contributed by atoms with Crippen molar-refractivity contribution >= 4 is 11.5 Å². The molecule has 1 atom stereocenters. The maximum Gasteiger partial charge on any atom is 0.164 e. The SMILES string of the molecule is CC(=O)c1c(F)cccc1NCC(O)CO. The molecule has 1 aromatic carbocycles. The number of ketones is 1. The average Bonchev–Trinajstić information content (AvgIpc) is 2.25. The van der Waals surface area contributed by atoms with E-state index >= 15 is 0 Å². The van der Waals surface area contributed by atoms with Gasteiger partial charge in [-0.2, -0.15) is 0 Å². The molecule has 0 heterocycles. The zero-order valence-corrected chi connectivity index (χ0v) is 8.90. The van der Waals surface area contributed by atoms with E-state index in [9.17, 15) is 9.18 Å². The van der Waals surface area contributed by atoms with Gasteiger partial charge in [-0.1, -0.05) is 6.07 Å². The topological polar surface area (TPSA) is 69.6 Å². The molecule has 0 fully saturated rings. The molecule has 88 valence electrons. The molecule has 0 aromatic heterocycles. The van der Waals surface area contributed by atoms with Crippen molar-refractivity contribution in [1.82, 2.24) is 0 Å². The molecule has 5 heteroatoms. The van der Waals surface area contributed by atoms with Crippen molar-refractivity contribution in [3.8, 4) is 0 Å². The Morgan fingerprint density at radius 2 is 2.25 bits per heavy atom. The highest BCUT2D eigenvalue weighted by Gasteiger charge is 2.13. The second-order valence-corrected chi connectivity index (χ2v) is 3.44. The summed E-state index contributed by atoms with van der Waals surface area (Å²) >= 11 is 0. The molecule has 0 spiro atoms. The van der Waals surface area contributed by atoms with Gasteiger partial charge in [0.25, 0.3) is 0 Å². The highest BCUT2D eigenvalue weighted by molar-refractivity contribution is 5.99. The fourth-order valence-electron chi connectivity index (χ4n) is 1.32. The standard InChI is InChI=1S/C11H14FNO3/c1-7(15)11-9(12)3-2-4-10(11)13-5-8(16)6-14/h2-4,8,13-14,16H,5-6H2,1H3. The smallest absolute Gasteiger partial charge is 0.164 e. The van der Waals surface area contributed by atoms with Gasteiger partial charge in [-0.25, -0.2) is 4.39 Å². The first-order chi connectivity index (χ1) is 7.56. The van der Waals surface area contributed by atoms with E-state index in [0.29, 0.717) is 5.69 Å². The van der Waals surface area contributed by atoms with Gasteiger partial charge >= 0.3 is 0 Å². The van der Waals surface area contributed by atoms with Crippen LogP contribution in [0.15, 0.2) is 18.2 Å². The molecular formula is C11H14FNO3. The van der Waals surface area contributed by atoms with Crippen LogP contribution in [0, 0.1) is 5.82 Å². The third-order valence-corrected chi connectivity index (χ3v) is 2.10. The van der Waals surface area contributed by atoms with E-state index in [-0.39, 0.29) is 17.9 Å². The second-order valence-electron chi connectivity index (χ2n) is 3.44. The number of carbonyl (C=O) groups excluding carboxylic acids is 1. The first kappa shape index (κ1) is 12.6. The Morgan fingerprint density at radius 3 is 2.81 bits per heavy atom. The monoisotopic (exact) mass is 227 g/mol. The zero-order valence-electron chi connectivity index (χ0n) is 8.90. The van der Waals surface area contributed by atoms with Crippen LogP contribution in [0.1, 0.15) is 17.3 Å². The van der Waals surface area contributed by atoms with E-state index in [1.54, 1.807) is 6.07 Å². The number of aliphatic hydroxyl groups is 2. The lowest BCUT2D eigenvalue weighted by atomic mass is 10.1. The van der Waals surface area contributed by atoms with Crippen LogP contribution in [-0.2, 0) is 0 Å². The zero-order chi connectivity index (χ0) is 12.1. The van der Waals surface area contributed by atoms with Gasteiger partial charge in [0.05, 0.1) is 18.3 Å². The molecule has 0 bridgehead atoms. The van der Waals surface area contributed by atoms with Gasteiger partial charge in [-0.3, -0.25) is 4.79 Å². The number of halogens is 1. The van der Waals surface area contributed by atoms with E-state index < -0.39 is 18.5 Å². The Kier molecular flexibility index (Phi) is 4.39. The maximum absolute atomic E-state index is 13.3. The summed E-state index contributed by atoms with van der Waals surface area (Å²) in [6.07, 6.45) is -0.942. The van der Waals surface area contributed by atoms with Crippen LogP contribution in [0.3, 0.4) is 0 Å². The van der Waals surface area contributed by atoms with Gasteiger partial charge in [-0.15, -0.1) is 0 Å². The van der Waals surface area contributed by atoms with E-state index in [4.69, 9.17) is 10.2 Å². The quantitative estimate of drug-likeness (QED) is 0.650. The van der Waals surface area contributed by atoms with E-state index in [0.717, 1.165) is 0 Å². The van der Waals surface area contributed by atoms with Crippen molar-refractivity contribution < 1.29 is 19.4 Å². The molecule has 3 N–H and O–H groups in total. The fourth-order valence-corrected chi connectivity index (χ4v) is 1.32. The van der Waals surface area contributed by atoms with Gasteiger partial charge in [0.15, 0.2) is 5.78 Å². The maximum atomic E-state index is 13.3. The second kappa shape index (κ2) is 5.58. The molecule has 0 aliphatic rings. The van der Waals surface area contributed by atoms with Crippen molar-refractivity contribution in [3.05, 3.63) is 29.6 Å². The Hall–Kier alpha value is -1.46. The Balaban J connectivity index is 2.87. The highest BCUT2D eigenvalue weighted by Crippen LogP contribution is 2.19. The molecular weight excluding hydrogens is 213 g/mol. The van der Waals surface area contributed by atoms with Gasteiger partial charge in [0.2, 0.25) is 0 Å². The van der Waals surface area contributed by atoms with Gasteiger partial charge in [-0.05, 0) is 19.1 Å². The summed E-state index contributed by atoms with van der Waals surface area (Å²) in [6.45, 7) is 0.935. The first-order valence-electron chi connectivity index (χ1n) is 4.88. The third kappa shape index (κ3) is 3.01. The van der Waals surface area contributed by atoms with Crippen LogP contribution in [0.25, 0.3) is 0 Å². The first-order valence-corrected chi connectivity index (χ1v) is 4.88. The van der Waals surface area contributed by atoms with Crippen LogP contribution in [-0.4, -0.2) is 35.3 Å². The molecule has 0 saturated carbocycles. The summed E-state index contributed by atoms with van der Waals surface area (Å²) in [5.41, 5.74) is 0.285. The lowest BCUT2D eigenvalue weighted by Crippen LogP contribution is -2.23. The number of anilines is 1. The van der Waals surface area contributed by atoms with Crippen molar-refractivity contribution in [2.24, 2.45) is 0 Å². The summed E-state index contributed by atoms with van der Waals surface area (Å²) in [5, 5.41) is 20.5. The van der Waals surface area contributed by atoms with Crippen molar-refractivity contribution in [2.75, 3.05) is 18.5 Å².